The van der Waals surface area contributed by atoms with Gasteiger partial charge < -0.3 is 14.8 Å². The Kier molecular flexibility index (Phi) is 8.23. The predicted molar refractivity (Wildman–Crippen MR) is 148 cm³/mol. The topological polar surface area (TPSA) is 114 Å². The van der Waals surface area contributed by atoms with Gasteiger partial charge in [0.25, 0.3) is 17.7 Å². The number of aryl methyl sites for hydroxylation is 2. The zero-order valence-electron chi connectivity index (χ0n) is 21.1. The van der Waals surface area contributed by atoms with Crippen LogP contribution >= 0.6 is 23.2 Å². The second kappa shape index (κ2) is 11.6. The number of benzene rings is 3. The maximum atomic E-state index is 13.3. The van der Waals surface area contributed by atoms with Crippen LogP contribution in [0.25, 0.3) is 6.08 Å². The number of hydrogen-bond acceptors (Lipinski definition) is 6. The van der Waals surface area contributed by atoms with Gasteiger partial charge in [0.2, 0.25) is 0 Å². The molecule has 0 radical (unpaired) electrons. The van der Waals surface area contributed by atoms with Crippen LogP contribution in [-0.2, 0) is 14.4 Å². The van der Waals surface area contributed by atoms with Crippen molar-refractivity contribution in [3.8, 4) is 11.5 Å². The van der Waals surface area contributed by atoms with Gasteiger partial charge in [0, 0.05) is 10.7 Å². The zero-order valence-corrected chi connectivity index (χ0v) is 22.6. The summed E-state index contributed by atoms with van der Waals surface area (Å²) in [6.45, 7) is 3.27. The molecule has 0 aromatic heterocycles. The number of carbonyl (C=O) groups is 4. The van der Waals surface area contributed by atoms with Gasteiger partial charge in [-0.2, -0.15) is 0 Å². The van der Waals surface area contributed by atoms with Crippen molar-refractivity contribution in [1.29, 1.82) is 0 Å². The Labute approximate surface area is 234 Å². The summed E-state index contributed by atoms with van der Waals surface area (Å²) in [7, 11) is 1.38. The number of carbonyl (C=O) groups excluding carboxylic acids is 4. The second-order valence-corrected chi connectivity index (χ2v) is 9.47. The van der Waals surface area contributed by atoms with Crippen LogP contribution < -0.4 is 25.0 Å². The molecule has 1 saturated heterocycles. The third kappa shape index (κ3) is 6.22. The van der Waals surface area contributed by atoms with Crippen LogP contribution in [0.1, 0.15) is 16.7 Å². The Morgan fingerprint density at radius 3 is 2.54 bits per heavy atom. The lowest BCUT2D eigenvalue weighted by Gasteiger charge is -2.27. The first-order valence-electron chi connectivity index (χ1n) is 11.6. The number of ether oxygens (including phenoxy) is 2. The summed E-state index contributed by atoms with van der Waals surface area (Å²) < 4.78 is 11.0. The van der Waals surface area contributed by atoms with E-state index in [9.17, 15) is 19.2 Å². The van der Waals surface area contributed by atoms with Crippen LogP contribution in [0, 0.1) is 13.8 Å². The van der Waals surface area contributed by atoms with Crippen molar-refractivity contribution in [1.82, 2.24) is 5.32 Å². The van der Waals surface area contributed by atoms with E-state index in [1.54, 1.807) is 25.1 Å². The van der Waals surface area contributed by atoms with E-state index in [-0.39, 0.29) is 34.4 Å². The van der Waals surface area contributed by atoms with Crippen molar-refractivity contribution in [3.63, 3.8) is 0 Å². The Bertz CT molecular complexity index is 1540. The highest BCUT2D eigenvalue weighted by Gasteiger charge is 2.37. The van der Waals surface area contributed by atoms with E-state index in [0.29, 0.717) is 21.8 Å². The number of amides is 5. The van der Waals surface area contributed by atoms with Gasteiger partial charge in [0.1, 0.15) is 5.57 Å². The number of anilines is 2. The van der Waals surface area contributed by atoms with Crippen molar-refractivity contribution in [2.45, 2.75) is 13.8 Å². The standard InChI is InChI=1S/C28H23Cl2N3O6/c1-15-5-4-6-19(9-15)31-24(34)14-39-25-21(30)11-17(12-23(25)38-3)10-20-26(35)32-28(37)33(27(20)36)22-13-18(29)8-7-16(22)2/h4-13H,14H2,1-3H3,(H,31,34)(H,32,35,37)/b20-10+. The fourth-order valence-electron chi connectivity index (χ4n) is 3.89. The van der Waals surface area contributed by atoms with Gasteiger partial charge in [-0.25, -0.2) is 9.69 Å². The van der Waals surface area contributed by atoms with Crippen LogP contribution in [-0.4, -0.2) is 37.5 Å². The third-order valence-electron chi connectivity index (χ3n) is 5.73. The van der Waals surface area contributed by atoms with Crippen LogP contribution in [0.5, 0.6) is 11.5 Å². The molecule has 1 heterocycles. The number of imide groups is 2. The number of rotatable bonds is 7. The second-order valence-electron chi connectivity index (χ2n) is 8.63. The molecule has 4 rings (SSSR count). The van der Waals surface area contributed by atoms with E-state index in [2.05, 4.69) is 10.6 Å². The number of nitrogens with one attached hydrogen (secondary N) is 2. The molecule has 39 heavy (non-hydrogen) atoms. The fourth-order valence-corrected chi connectivity index (χ4v) is 4.33. The minimum absolute atomic E-state index is 0.0758. The lowest BCUT2D eigenvalue weighted by molar-refractivity contribution is -0.122. The number of halogens is 2. The molecule has 0 saturated carbocycles. The first kappa shape index (κ1) is 27.7. The average Bonchev–Trinajstić information content (AvgIpc) is 2.87. The molecular weight excluding hydrogens is 545 g/mol. The number of urea groups is 1. The molecule has 0 bridgehead atoms. The van der Waals surface area contributed by atoms with Gasteiger partial charge in [-0.3, -0.25) is 19.7 Å². The van der Waals surface area contributed by atoms with Crippen molar-refractivity contribution in [3.05, 3.63) is 86.9 Å². The van der Waals surface area contributed by atoms with Gasteiger partial charge >= 0.3 is 6.03 Å². The first-order chi connectivity index (χ1) is 18.6. The number of nitrogens with zero attached hydrogens (tertiary/aromatic N) is 1. The zero-order chi connectivity index (χ0) is 28.3. The fraction of sp³-hybridized carbons (Fsp3) is 0.143. The molecule has 0 aliphatic carbocycles. The molecule has 3 aromatic rings. The Morgan fingerprint density at radius 2 is 1.82 bits per heavy atom. The van der Waals surface area contributed by atoms with E-state index < -0.39 is 23.8 Å². The Balaban J connectivity index is 1.58. The van der Waals surface area contributed by atoms with Crippen LogP contribution in [0.4, 0.5) is 16.2 Å². The molecule has 5 amide bonds. The smallest absolute Gasteiger partial charge is 0.335 e. The van der Waals surface area contributed by atoms with E-state index in [1.165, 1.54) is 31.4 Å². The highest BCUT2D eigenvalue weighted by molar-refractivity contribution is 6.40. The van der Waals surface area contributed by atoms with E-state index in [0.717, 1.165) is 10.5 Å². The average molecular weight is 568 g/mol. The molecule has 11 heteroatoms. The molecular formula is C28H23Cl2N3O6. The number of barbiturate groups is 1. The molecule has 1 aliphatic rings. The van der Waals surface area contributed by atoms with E-state index in [4.69, 9.17) is 32.7 Å². The maximum Gasteiger partial charge on any atom is 0.335 e. The van der Waals surface area contributed by atoms with Crippen molar-refractivity contribution in [2.24, 2.45) is 0 Å². The van der Waals surface area contributed by atoms with Crippen molar-refractivity contribution >= 4 is 64.4 Å². The van der Waals surface area contributed by atoms with Crippen LogP contribution in [0.3, 0.4) is 0 Å². The minimum atomic E-state index is -0.893. The highest BCUT2D eigenvalue weighted by Crippen LogP contribution is 2.37. The minimum Gasteiger partial charge on any atom is -0.493 e. The van der Waals surface area contributed by atoms with Gasteiger partial charge in [0.05, 0.1) is 17.8 Å². The molecule has 200 valence electrons. The number of hydrogen-bond donors (Lipinski definition) is 2. The summed E-state index contributed by atoms with van der Waals surface area (Å²) in [5.74, 6) is -1.84. The summed E-state index contributed by atoms with van der Waals surface area (Å²) in [5.41, 5.74) is 2.48. The SMILES string of the molecule is COc1cc(/C=C2\C(=O)NC(=O)N(c3cc(Cl)ccc3C)C2=O)cc(Cl)c1OCC(=O)Nc1cccc(C)c1. The molecule has 0 spiro atoms. The molecule has 1 fully saturated rings. The van der Waals surface area contributed by atoms with Crippen molar-refractivity contribution < 1.29 is 28.7 Å². The largest absolute Gasteiger partial charge is 0.493 e. The Hall–Kier alpha value is -4.34. The summed E-state index contributed by atoms with van der Waals surface area (Å²) in [4.78, 5) is 51.6. The highest BCUT2D eigenvalue weighted by atomic mass is 35.5. The first-order valence-corrected chi connectivity index (χ1v) is 12.4. The monoisotopic (exact) mass is 567 g/mol. The van der Waals surface area contributed by atoms with Gasteiger partial charge in [-0.15, -0.1) is 0 Å². The summed E-state index contributed by atoms with van der Waals surface area (Å²) in [5, 5.41) is 5.30. The van der Waals surface area contributed by atoms with E-state index in [1.807, 2.05) is 25.1 Å². The summed E-state index contributed by atoms with van der Waals surface area (Å²) in [6.07, 6.45) is 1.28. The van der Waals surface area contributed by atoms with Crippen LogP contribution in [0.15, 0.2) is 60.2 Å². The third-order valence-corrected chi connectivity index (χ3v) is 6.24. The molecule has 3 aromatic carbocycles. The van der Waals surface area contributed by atoms with Gasteiger partial charge in [0.15, 0.2) is 18.1 Å². The molecule has 9 nitrogen and oxygen atoms in total. The van der Waals surface area contributed by atoms with Gasteiger partial charge in [-0.05, 0) is 73.0 Å². The summed E-state index contributed by atoms with van der Waals surface area (Å²) in [6, 6.07) is 14.1. The van der Waals surface area contributed by atoms with Crippen LogP contribution in [0.2, 0.25) is 10.0 Å². The Morgan fingerprint density at radius 1 is 1.05 bits per heavy atom. The molecule has 0 unspecified atom stereocenters. The number of methoxy groups -OCH3 is 1. The molecule has 1 aliphatic heterocycles. The lowest BCUT2D eigenvalue weighted by atomic mass is 10.1. The molecule has 0 atom stereocenters. The summed E-state index contributed by atoms with van der Waals surface area (Å²) >= 11 is 12.5. The normalized spacial score (nSPS) is 14.3. The van der Waals surface area contributed by atoms with E-state index >= 15 is 0 Å². The lowest BCUT2D eigenvalue weighted by Crippen LogP contribution is -2.54. The maximum absolute atomic E-state index is 13.3. The predicted octanol–water partition coefficient (Wildman–Crippen LogP) is 5.30. The quantitative estimate of drug-likeness (QED) is 0.295. The van der Waals surface area contributed by atoms with Gasteiger partial charge in [-0.1, -0.05) is 41.4 Å². The van der Waals surface area contributed by atoms with Crippen molar-refractivity contribution in [2.75, 3.05) is 23.9 Å². The molecule has 2 N–H and O–H groups in total.